The molecule has 0 atom stereocenters. The monoisotopic (exact) mass is 324 g/mol. The van der Waals surface area contributed by atoms with Crippen LogP contribution in [-0.2, 0) is 6.61 Å². The van der Waals surface area contributed by atoms with Crippen molar-refractivity contribution < 1.29 is 9.47 Å². The topological polar surface area (TPSA) is 18.5 Å². The summed E-state index contributed by atoms with van der Waals surface area (Å²) in [5.41, 5.74) is 3.99. The lowest BCUT2D eigenvalue weighted by atomic mass is 9.94. The molecule has 0 amide bonds. The number of benzene rings is 2. The zero-order chi connectivity index (χ0) is 16.9. The van der Waals surface area contributed by atoms with Crippen LogP contribution in [0.25, 0.3) is 0 Å². The molecular weight excluding hydrogens is 296 g/mol. The average molecular weight is 324 g/mol. The molecule has 1 fully saturated rings. The van der Waals surface area contributed by atoms with Crippen LogP contribution in [0.15, 0.2) is 42.5 Å². The Kier molecular flexibility index (Phi) is 5.44. The smallest absolute Gasteiger partial charge is 0.161 e. The molecule has 0 radical (unpaired) electrons. The Hall–Kier alpha value is -1.96. The number of rotatable bonds is 8. The van der Waals surface area contributed by atoms with Gasteiger partial charge in [0.25, 0.3) is 0 Å². The Labute approximate surface area is 145 Å². The molecule has 0 unspecified atom stereocenters. The van der Waals surface area contributed by atoms with Crippen LogP contribution in [0.1, 0.15) is 68.1 Å². The zero-order valence-electron chi connectivity index (χ0n) is 15.0. The molecule has 24 heavy (non-hydrogen) atoms. The van der Waals surface area contributed by atoms with Gasteiger partial charge in [0.05, 0.1) is 7.11 Å². The van der Waals surface area contributed by atoms with E-state index in [-0.39, 0.29) is 0 Å². The summed E-state index contributed by atoms with van der Waals surface area (Å²) in [5.74, 6) is 3.04. The second-order valence-electron chi connectivity index (χ2n) is 6.73. The van der Waals surface area contributed by atoms with Gasteiger partial charge in [0, 0.05) is 0 Å². The molecule has 2 nitrogen and oxygen atoms in total. The second-order valence-corrected chi connectivity index (χ2v) is 6.73. The maximum atomic E-state index is 6.01. The molecule has 0 saturated heterocycles. The molecule has 2 heteroatoms. The van der Waals surface area contributed by atoms with Crippen molar-refractivity contribution in [3.05, 3.63) is 59.2 Å². The van der Waals surface area contributed by atoms with Gasteiger partial charge in [-0.25, -0.2) is 0 Å². The van der Waals surface area contributed by atoms with Gasteiger partial charge in [-0.1, -0.05) is 44.2 Å². The highest BCUT2D eigenvalue weighted by molar-refractivity contribution is 5.44. The Morgan fingerprint density at radius 2 is 1.67 bits per heavy atom. The molecule has 2 aromatic rings. The molecule has 0 heterocycles. The second kappa shape index (κ2) is 7.74. The van der Waals surface area contributed by atoms with Gasteiger partial charge in [-0.3, -0.25) is 0 Å². The van der Waals surface area contributed by atoms with Crippen molar-refractivity contribution in [2.24, 2.45) is 0 Å². The average Bonchev–Trinajstić information content (AvgIpc) is 3.47. The summed E-state index contributed by atoms with van der Waals surface area (Å²) < 4.78 is 11.6. The highest BCUT2D eigenvalue weighted by atomic mass is 16.5. The van der Waals surface area contributed by atoms with E-state index in [0.29, 0.717) is 12.5 Å². The summed E-state index contributed by atoms with van der Waals surface area (Å²) in [6.45, 7) is 5.04. The Balaban J connectivity index is 1.67. The van der Waals surface area contributed by atoms with Crippen LogP contribution in [0.2, 0.25) is 0 Å². The minimum Gasteiger partial charge on any atom is -0.493 e. The van der Waals surface area contributed by atoms with Crippen LogP contribution in [0, 0.1) is 0 Å². The lowest BCUT2D eigenvalue weighted by Crippen LogP contribution is -2.00. The predicted octanol–water partition coefficient (Wildman–Crippen LogP) is 6.06. The lowest BCUT2D eigenvalue weighted by Gasteiger charge is -2.16. The fourth-order valence-corrected chi connectivity index (χ4v) is 3.28. The van der Waals surface area contributed by atoms with Crippen molar-refractivity contribution in [2.45, 2.75) is 58.0 Å². The number of methoxy groups -OCH3 is 1. The van der Waals surface area contributed by atoms with Gasteiger partial charge >= 0.3 is 0 Å². The molecule has 2 aromatic carbocycles. The zero-order valence-corrected chi connectivity index (χ0v) is 15.0. The third-order valence-corrected chi connectivity index (χ3v) is 5.07. The maximum Gasteiger partial charge on any atom is 0.161 e. The van der Waals surface area contributed by atoms with E-state index in [1.165, 1.54) is 29.5 Å². The minimum absolute atomic E-state index is 0.575. The van der Waals surface area contributed by atoms with Crippen LogP contribution in [-0.4, -0.2) is 7.11 Å². The molecule has 0 spiro atoms. The van der Waals surface area contributed by atoms with Gasteiger partial charge in [-0.2, -0.15) is 0 Å². The van der Waals surface area contributed by atoms with E-state index < -0.39 is 0 Å². The number of ether oxygens (including phenoxy) is 2. The third kappa shape index (κ3) is 3.92. The van der Waals surface area contributed by atoms with Crippen LogP contribution >= 0.6 is 0 Å². The van der Waals surface area contributed by atoms with Crippen molar-refractivity contribution >= 4 is 0 Å². The quantitative estimate of drug-likeness (QED) is 0.588. The first-order chi connectivity index (χ1) is 11.7. The van der Waals surface area contributed by atoms with Gasteiger partial charge in [0.1, 0.15) is 6.61 Å². The first kappa shape index (κ1) is 16.9. The molecule has 0 aromatic heterocycles. The van der Waals surface area contributed by atoms with Gasteiger partial charge < -0.3 is 9.47 Å². The summed E-state index contributed by atoms with van der Waals surface area (Å²) in [5, 5.41) is 0. The summed E-state index contributed by atoms with van der Waals surface area (Å²) in [7, 11) is 1.71. The van der Waals surface area contributed by atoms with Crippen LogP contribution in [0.3, 0.4) is 0 Å². The molecule has 0 bridgehead atoms. The van der Waals surface area contributed by atoms with E-state index in [0.717, 1.165) is 30.3 Å². The molecule has 3 rings (SSSR count). The SMILES string of the molecule is CCC(CC)c1ccc(OCc2ccc(C3CC3)cc2)c(OC)c1. The van der Waals surface area contributed by atoms with E-state index in [1.54, 1.807) is 7.11 Å². The minimum atomic E-state index is 0.575. The molecule has 0 aliphatic heterocycles. The molecule has 0 N–H and O–H groups in total. The standard InChI is InChI=1S/C22H28O2/c1-4-17(5-2)20-12-13-21(22(14-20)23-3)24-15-16-6-8-18(9-7-16)19-10-11-19/h6-9,12-14,17,19H,4-5,10-11,15H2,1-3H3. The molecule has 1 aliphatic carbocycles. The maximum absolute atomic E-state index is 6.01. The first-order valence-electron chi connectivity index (χ1n) is 9.14. The van der Waals surface area contributed by atoms with Crippen molar-refractivity contribution in [2.75, 3.05) is 7.11 Å². The van der Waals surface area contributed by atoms with E-state index >= 15 is 0 Å². The fourth-order valence-electron chi connectivity index (χ4n) is 3.28. The van der Waals surface area contributed by atoms with E-state index in [2.05, 4.69) is 50.2 Å². The lowest BCUT2D eigenvalue weighted by molar-refractivity contribution is 0.284. The highest BCUT2D eigenvalue weighted by Crippen LogP contribution is 2.40. The van der Waals surface area contributed by atoms with E-state index in [9.17, 15) is 0 Å². The summed E-state index contributed by atoms with van der Waals surface area (Å²) in [4.78, 5) is 0. The molecule has 1 aliphatic rings. The van der Waals surface area contributed by atoms with Crippen molar-refractivity contribution in [1.82, 2.24) is 0 Å². The largest absolute Gasteiger partial charge is 0.493 e. The third-order valence-electron chi connectivity index (χ3n) is 5.07. The predicted molar refractivity (Wildman–Crippen MR) is 99.1 cm³/mol. The van der Waals surface area contributed by atoms with Crippen LogP contribution in [0.5, 0.6) is 11.5 Å². The van der Waals surface area contributed by atoms with Gasteiger partial charge in [0.15, 0.2) is 11.5 Å². The van der Waals surface area contributed by atoms with Crippen molar-refractivity contribution in [3.63, 3.8) is 0 Å². The Bertz CT molecular complexity index is 652. The fraction of sp³-hybridized carbons (Fsp3) is 0.455. The number of hydrogen-bond donors (Lipinski definition) is 0. The normalized spacial score (nSPS) is 14.0. The summed E-state index contributed by atoms with van der Waals surface area (Å²) in [6, 6.07) is 15.2. The molecular formula is C22H28O2. The van der Waals surface area contributed by atoms with Crippen LogP contribution < -0.4 is 9.47 Å². The molecule has 128 valence electrons. The van der Waals surface area contributed by atoms with Crippen LogP contribution in [0.4, 0.5) is 0 Å². The van der Waals surface area contributed by atoms with E-state index in [4.69, 9.17) is 9.47 Å². The van der Waals surface area contributed by atoms with Crippen molar-refractivity contribution in [1.29, 1.82) is 0 Å². The molecule has 1 saturated carbocycles. The first-order valence-corrected chi connectivity index (χ1v) is 9.14. The number of hydrogen-bond acceptors (Lipinski definition) is 2. The summed E-state index contributed by atoms with van der Waals surface area (Å²) in [6.07, 6.45) is 4.98. The highest BCUT2D eigenvalue weighted by Gasteiger charge is 2.22. The van der Waals surface area contributed by atoms with Gasteiger partial charge in [-0.05, 0) is 66.3 Å². The van der Waals surface area contributed by atoms with Crippen molar-refractivity contribution in [3.8, 4) is 11.5 Å². The van der Waals surface area contributed by atoms with Gasteiger partial charge in [0.2, 0.25) is 0 Å². The Morgan fingerprint density at radius 1 is 0.958 bits per heavy atom. The van der Waals surface area contributed by atoms with Gasteiger partial charge in [-0.15, -0.1) is 0 Å². The summed E-state index contributed by atoms with van der Waals surface area (Å²) >= 11 is 0. The Morgan fingerprint density at radius 3 is 2.25 bits per heavy atom. The van der Waals surface area contributed by atoms with E-state index in [1.807, 2.05) is 6.07 Å².